The summed E-state index contributed by atoms with van der Waals surface area (Å²) < 4.78 is 6.36. The van der Waals surface area contributed by atoms with Crippen molar-refractivity contribution >= 4 is 57.5 Å². The third-order valence-corrected chi connectivity index (χ3v) is 4.73. The molecular weight excluding hydrogens is 511 g/mol. The van der Waals surface area contributed by atoms with E-state index in [9.17, 15) is 4.79 Å². The molecule has 6 nitrogen and oxygen atoms in total. The molecule has 8 heteroatoms. The van der Waals surface area contributed by atoms with E-state index in [1.807, 2.05) is 32.2 Å². The average molecular weight is 539 g/mol. The normalized spacial score (nSPS) is 16.8. The molecule has 2 N–H and O–H groups in total. The van der Waals surface area contributed by atoms with Crippen LogP contribution >= 0.6 is 39.9 Å². The van der Waals surface area contributed by atoms with E-state index in [1.54, 1.807) is 7.05 Å². The minimum absolute atomic E-state index is 0. The van der Waals surface area contributed by atoms with Gasteiger partial charge in [-0.15, -0.1) is 24.0 Å². The quantitative estimate of drug-likeness (QED) is 0.331. The van der Waals surface area contributed by atoms with E-state index in [2.05, 4.69) is 36.5 Å². The molecule has 26 heavy (non-hydrogen) atoms. The summed E-state index contributed by atoms with van der Waals surface area (Å²) >= 11 is 3.43. The molecule has 1 aromatic carbocycles. The Morgan fingerprint density at radius 2 is 2.23 bits per heavy atom. The number of aryl methyl sites for hydroxylation is 1. The number of aliphatic imine (C=N–C) groups is 1. The Morgan fingerprint density at radius 3 is 2.88 bits per heavy atom. The van der Waals surface area contributed by atoms with Crippen LogP contribution in [0.25, 0.3) is 0 Å². The second-order valence-corrected chi connectivity index (χ2v) is 7.26. The first kappa shape index (κ1) is 23.2. The van der Waals surface area contributed by atoms with Crippen LogP contribution in [0.2, 0.25) is 0 Å². The monoisotopic (exact) mass is 538 g/mol. The summed E-state index contributed by atoms with van der Waals surface area (Å²) in [4.78, 5) is 18.5. The van der Waals surface area contributed by atoms with Crippen LogP contribution in [0.4, 0.5) is 5.69 Å². The van der Waals surface area contributed by atoms with Crippen LogP contribution in [0, 0.1) is 12.8 Å². The molecule has 1 aromatic rings. The maximum absolute atomic E-state index is 12.2. The minimum atomic E-state index is -0.0176. The number of amides is 1. The Balaban J connectivity index is 0.00000338. The van der Waals surface area contributed by atoms with Gasteiger partial charge in [0.2, 0.25) is 5.91 Å². The van der Waals surface area contributed by atoms with Gasteiger partial charge in [-0.25, -0.2) is 0 Å². The molecule has 1 heterocycles. The number of carbonyl (C=O) groups excluding carboxylic acids is 1. The summed E-state index contributed by atoms with van der Waals surface area (Å²) in [5.74, 6) is 1.33. The molecule has 0 saturated carbocycles. The van der Waals surface area contributed by atoms with Crippen LogP contribution in [0.3, 0.4) is 0 Å². The first-order valence-electron chi connectivity index (χ1n) is 8.55. The van der Waals surface area contributed by atoms with E-state index < -0.39 is 0 Å². The molecule has 1 atom stereocenters. The molecule has 0 bridgehead atoms. The molecule has 2 rings (SSSR count). The van der Waals surface area contributed by atoms with Gasteiger partial charge >= 0.3 is 0 Å². The van der Waals surface area contributed by atoms with Gasteiger partial charge in [0.1, 0.15) is 0 Å². The van der Waals surface area contributed by atoms with Gasteiger partial charge in [-0.05, 0) is 31.0 Å². The lowest BCUT2D eigenvalue weighted by Gasteiger charge is -2.24. The lowest BCUT2D eigenvalue weighted by molar-refractivity contribution is -0.116. The number of nitrogens with one attached hydrogen (secondary N) is 2. The van der Waals surface area contributed by atoms with Crippen molar-refractivity contribution in [3.05, 3.63) is 28.2 Å². The van der Waals surface area contributed by atoms with Gasteiger partial charge in [0.15, 0.2) is 5.96 Å². The Bertz CT molecular complexity index is 621. The molecule has 1 fully saturated rings. The molecule has 0 radical (unpaired) electrons. The highest BCUT2D eigenvalue weighted by molar-refractivity contribution is 14.0. The van der Waals surface area contributed by atoms with Crippen molar-refractivity contribution in [1.82, 2.24) is 10.2 Å². The first-order chi connectivity index (χ1) is 12.0. The summed E-state index contributed by atoms with van der Waals surface area (Å²) in [5, 5.41) is 6.20. The standard InChI is InChI=1S/C18H27BrN4O2.HI/c1-13-4-5-15(19)10-16(13)22-17(24)6-8-21-18(20-2)23(3)11-14-7-9-25-12-14;/h4-5,10,14H,6-9,11-12H2,1-3H3,(H,20,21)(H,22,24);1H. The Hall–Kier alpha value is -0.870. The van der Waals surface area contributed by atoms with Crippen molar-refractivity contribution in [2.75, 3.05) is 45.7 Å². The number of rotatable bonds is 6. The van der Waals surface area contributed by atoms with Crippen molar-refractivity contribution < 1.29 is 9.53 Å². The Morgan fingerprint density at radius 1 is 1.46 bits per heavy atom. The van der Waals surface area contributed by atoms with Crippen LogP contribution in [0.15, 0.2) is 27.7 Å². The van der Waals surface area contributed by atoms with Crippen LogP contribution in [0.1, 0.15) is 18.4 Å². The van der Waals surface area contributed by atoms with E-state index in [0.29, 0.717) is 18.9 Å². The highest BCUT2D eigenvalue weighted by atomic mass is 127. The van der Waals surface area contributed by atoms with Gasteiger partial charge in [0.25, 0.3) is 0 Å². The third-order valence-electron chi connectivity index (χ3n) is 4.24. The Kier molecular flexibility index (Phi) is 10.5. The predicted octanol–water partition coefficient (Wildman–Crippen LogP) is 3.25. The second kappa shape index (κ2) is 11.8. The zero-order valence-corrected chi connectivity index (χ0v) is 19.5. The highest BCUT2D eigenvalue weighted by Gasteiger charge is 2.19. The second-order valence-electron chi connectivity index (χ2n) is 6.34. The van der Waals surface area contributed by atoms with E-state index >= 15 is 0 Å². The van der Waals surface area contributed by atoms with Crippen LogP contribution < -0.4 is 10.6 Å². The zero-order valence-electron chi connectivity index (χ0n) is 15.5. The fourth-order valence-corrected chi connectivity index (χ4v) is 3.18. The average Bonchev–Trinajstić information content (AvgIpc) is 3.08. The number of halogens is 2. The number of ether oxygens (including phenoxy) is 1. The number of hydrogen-bond acceptors (Lipinski definition) is 3. The molecule has 1 aliphatic heterocycles. The van der Waals surface area contributed by atoms with Gasteiger partial charge < -0.3 is 20.3 Å². The SMILES string of the molecule is CN=C(NCCC(=O)Nc1cc(Br)ccc1C)N(C)CC1CCOC1.I. The minimum Gasteiger partial charge on any atom is -0.381 e. The largest absolute Gasteiger partial charge is 0.381 e. The van der Waals surface area contributed by atoms with Crippen molar-refractivity contribution in [1.29, 1.82) is 0 Å². The maximum atomic E-state index is 12.2. The fraction of sp³-hybridized carbons (Fsp3) is 0.556. The fourth-order valence-electron chi connectivity index (χ4n) is 2.82. The predicted molar refractivity (Wildman–Crippen MR) is 120 cm³/mol. The molecule has 146 valence electrons. The van der Waals surface area contributed by atoms with E-state index in [4.69, 9.17) is 4.74 Å². The number of benzene rings is 1. The van der Waals surface area contributed by atoms with E-state index in [-0.39, 0.29) is 29.9 Å². The Labute approximate surface area is 181 Å². The molecule has 0 aliphatic carbocycles. The number of nitrogens with zero attached hydrogens (tertiary/aromatic N) is 2. The molecule has 1 aliphatic rings. The van der Waals surface area contributed by atoms with Crippen LogP contribution in [-0.2, 0) is 9.53 Å². The third kappa shape index (κ3) is 7.40. The van der Waals surface area contributed by atoms with Crippen molar-refractivity contribution in [3.8, 4) is 0 Å². The summed E-state index contributed by atoms with van der Waals surface area (Å²) in [6, 6.07) is 5.85. The topological polar surface area (TPSA) is 66.0 Å². The van der Waals surface area contributed by atoms with Gasteiger partial charge in [-0.2, -0.15) is 0 Å². The molecular formula is C18H28BrIN4O2. The molecule has 1 saturated heterocycles. The zero-order chi connectivity index (χ0) is 18.2. The van der Waals surface area contributed by atoms with Crippen molar-refractivity contribution in [2.45, 2.75) is 19.8 Å². The number of hydrogen-bond donors (Lipinski definition) is 2. The maximum Gasteiger partial charge on any atom is 0.226 e. The summed E-state index contributed by atoms with van der Waals surface area (Å²) in [6.07, 6.45) is 1.47. The molecule has 0 spiro atoms. The number of carbonyl (C=O) groups is 1. The summed E-state index contributed by atoms with van der Waals surface area (Å²) in [6.45, 7) is 5.08. The smallest absolute Gasteiger partial charge is 0.226 e. The van der Waals surface area contributed by atoms with Crippen molar-refractivity contribution in [3.63, 3.8) is 0 Å². The first-order valence-corrected chi connectivity index (χ1v) is 9.34. The van der Waals surface area contributed by atoms with Crippen LogP contribution in [0.5, 0.6) is 0 Å². The van der Waals surface area contributed by atoms with Crippen molar-refractivity contribution in [2.24, 2.45) is 10.9 Å². The van der Waals surface area contributed by atoms with Gasteiger partial charge in [0.05, 0.1) is 6.61 Å². The number of guanidine groups is 1. The van der Waals surface area contributed by atoms with E-state index in [1.165, 1.54) is 0 Å². The van der Waals surface area contributed by atoms with Gasteiger partial charge in [-0.1, -0.05) is 22.0 Å². The van der Waals surface area contributed by atoms with Gasteiger partial charge in [0, 0.05) is 56.3 Å². The van der Waals surface area contributed by atoms with Crippen LogP contribution in [-0.4, -0.2) is 57.2 Å². The number of anilines is 1. The highest BCUT2D eigenvalue weighted by Crippen LogP contribution is 2.20. The molecule has 1 amide bonds. The lowest BCUT2D eigenvalue weighted by Crippen LogP contribution is -2.42. The lowest BCUT2D eigenvalue weighted by atomic mass is 10.1. The van der Waals surface area contributed by atoms with E-state index in [0.717, 1.165) is 47.9 Å². The molecule has 1 unspecified atom stereocenters. The summed E-state index contributed by atoms with van der Waals surface area (Å²) in [7, 11) is 3.77. The van der Waals surface area contributed by atoms with Gasteiger partial charge in [-0.3, -0.25) is 9.79 Å². The molecule has 0 aromatic heterocycles. The summed E-state index contributed by atoms with van der Waals surface area (Å²) in [5.41, 5.74) is 1.88.